The molecule has 1 aromatic carbocycles. The molecule has 1 heterocycles. The van der Waals surface area contributed by atoms with Crippen LogP contribution < -0.4 is 5.73 Å². The highest BCUT2D eigenvalue weighted by Crippen LogP contribution is 2.36. The Morgan fingerprint density at radius 2 is 2.14 bits per heavy atom. The Morgan fingerprint density at radius 1 is 1.41 bits per heavy atom. The SMILES string of the molecule is CCOC(=O)C1CCC(n2c(N)nc3cc(F)ccc32)CC1. The summed E-state index contributed by atoms with van der Waals surface area (Å²) in [5, 5.41) is 0. The van der Waals surface area contributed by atoms with Crippen molar-refractivity contribution < 1.29 is 13.9 Å². The lowest BCUT2D eigenvalue weighted by molar-refractivity contribution is -0.149. The molecule has 5 nitrogen and oxygen atoms in total. The van der Waals surface area contributed by atoms with E-state index in [1.165, 1.54) is 12.1 Å². The summed E-state index contributed by atoms with van der Waals surface area (Å²) in [5.41, 5.74) is 7.43. The Morgan fingerprint density at radius 3 is 2.82 bits per heavy atom. The average molecular weight is 305 g/mol. The normalized spacial score (nSPS) is 21.9. The van der Waals surface area contributed by atoms with Crippen LogP contribution in [-0.2, 0) is 9.53 Å². The van der Waals surface area contributed by atoms with Gasteiger partial charge in [0, 0.05) is 12.1 Å². The monoisotopic (exact) mass is 305 g/mol. The highest BCUT2D eigenvalue weighted by molar-refractivity contribution is 5.78. The van der Waals surface area contributed by atoms with Crippen molar-refractivity contribution in [2.75, 3.05) is 12.3 Å². The van der Waals surface area contributed by atoms with Crippen LogP contribution in [0.3, 0.4) is 0 Å². The average Bonchev–Trinajstić information content (AvgIpc) is 2.82. The zero-order valence-electron chi connectivity index (χ0n) is 12.6. The molecule has 2 aromatic rings. The second-order valence-electron chi connectivity index (χ2n) is 5.73. The van der Waals surface area contributed by atoms with Crippen LogP contribution in [0.25, 0.3) is 11.0 Å². The number of carbonyl (C=O) groups excluding carboxylic acids is 1. The number of hydrogen-bond acceptors (Lipinski definition) is 4. The van der Waals surface area contributed by atoms with Crippen molar-refractivity contribution in [1.82, 2.24) is 9.55 Å². The Hall–Kier alpha value is -2.11. The van der Waals surface area contributed by atoms with E-state index in [2.05, 4.69) is 4.98 Å². The smallest absolute Gasteiger partial charge is 0.308 e. The van der Waals surface area contributed by atoms with Gasteiger partial charge < -0.3 is 15.0 Å². The van der Waals surface area contributed by atoms with Gasteiger partial charge in [0.2, 0.25) is 5.95 Å². The maximum absolute atomic E-state index is 13.3. The highest BCUT2D eigenvalue weighted by atomic mass is 19.1. The fourth-order valence-electron chi connectivity index (χ4n) is 3.30. The van der Waals surface area contributed by atoms with Crippen molar-refractivity contribution in [3.8, 4) is 0 Å². The number of fused-ring (bicyclic) bond motifs is 1. The highest BCUT2D eigenvalue weighted by Gasteiger charge is 2.29. The minimum absolute atomic E-state index is 0.0235. The zero-order chi connectivity index (χ0) is 15.7. The van der Waals surface area contributed by atoms with Crippen LogP contribution in [0.4, 0.5) is 10.3 Å². The molecule has 1 saturated carbocycles. The Labute approximate surface area is 128 Å². The summed E-state index contributed by atoms with van der Waals surface area (Å²) in [4.78, 5) is 16.0. The number of imidazole rings is 1. The van der Waals surface area contributed by atoms with Gasteiger partial charge in [-0.05, 0) is 44.7 Å². The quantitative estimate of drug-likeness (QED) is 0.885. The van der Waals surface area contributed by atoms with Gasteiger partial charge in [0.15, 0.2) is 0 Å². The fourth-order valence-corrected chi connectivity index (χ4v) is 3.30. The Balaban J connectivity index is 1.79. The molecule has 6 heteroatoms. The molecule has 0 aliphatic heterocycles. The summed E-state index contributed by atoms with van der Waals surface area (Å²) in [6.07, 6.45) is 3.25. The number of ether oxygens (including phenoxy) is 1. The molecule has 0 radical (unpaired) electrons. The first kappa shape index (κ1) is 14.8. The number of aromatic nitrogens is 2. The summed E-state index contributed by atoms with van der Waals surface area (Å²) < 4.78 is 20.3. The van der Waals surface area contributed by atoms with Crippen molar-refractivity contribution in [3.63, 3.8) is 0 Å². The first-order valence-electron chi connectivity index (χ1n) is 7.69. The topological polar surface area (TPSA) is 70.1 Å². The maximum atomic E-state index is 13.3. The third-order valence-corrected chi connectivity index (χ3v) is 4.36. The fraction of sp³-hybridized carbons (Fsp3) is 0.500. The van der Waals surface area contributed by atoms with E-state index in [9.17, 15) is 9.18 Å². The molecule has 22 heavy (non-hydrogen) atoms. The molecular formula is C16H20FN3O2. The number of nitrogen functional groups attached to an aromatic ring is 1. The third-order valence-electron chi connectivity index (χ3n) is 4.36. The predicted octanol–water partition coefficient (Wildman–Crippen LogP) is 3.05. The Kier molecular flexibility index (Phi) is 4.00. The second-order valence-corrected chi connectivity index (χ2v) is 5.73. The van der Waals surface area contributed by atoms with Gasteiger partial charge in [-0.15, -0.1) is 0 Å². The number of carbonyl (C=O) groups is 1. The summed E-state index contributed by atoms with van der Waals surface area (Å²) in [6.45, 7) is 2.24. The molecule has 2 N–H and O–H groups in total. The van der Waals surface area contributed by atoms with Crippen LogP contribution >= 0.6 is 0 Å². The summed E-state index contributed by atoms with van der Waals surface area (Å²) in [6, 6.07) is 4.73. The molecule has 3 rings (SSSR count). The number of rotatable bonds is 3. The first-order chi connectivity index (χ1) is 10.6. The van der Waals surface area contributed by atoms with E-state index in [1.54, 1.807) is 6.07 Å². The van der Waals surface area contributed by atoms with Gasteiger partial charge in [-0.3, -0.25) is 4.79 Å². The zero-order valence-corrected chi connectivity index (χ0v) is 12.6. The van der Waals surface area contributed by atoms with Crippen molar-refractivity contribution in [3.05, 3.63) is 24.0 Å². The number of anilines is 1. The van der Waals surface area contributed by atoms with E-state index >= 15 is 0 Å². The van der Waals surface area contributed by atoms with Gasteiger partial charge in [-0.1, -0.05) is 0 Å². The van der Waals surface area contributed by atoms with Crippen LogP contribution in [0, 0.1) is 11.7 Å². The molecule has 118 valence electrons. The Bertz CT molecular complexity index is 690. The largest absolute Gasteiger partial charge is 0.466 e. The number of nitrogens with two attached hydrogens (primary N) is 1. The number of hydrogen-bond donors (Lipinski definition) is 1. The van der Waals surface area contributed by atoms with Crippen LogP contribution in [-0.4, -0.2) is 22.1 Å². The van der Waals surface area contributed by atoms with Crippen LogP contribution in [0.5, 0.6) is 0 Å². The molecule has 0 unspecified atom stereocenters. The molecule has 1 aliphatic carbocycles. The van der Waals surface area contributed by atoms with Gasteiger partial charge >= 0.3 is 5.97 Å². The van der Waals surface area contributed by atoms with E-state index in [4.69, 9.17) is 10.5 Å². The molecule has 0 bridgehead atoms. The lowest BCUT2D eigenvalue weighted by atomic mass is 9.86. The minimum atomic E-state index is -0.317. The van der Waals surface area contributed by atoms with Gasteiger partial charge in [-0.25, -0.2) is 9.37 Å². The van der Waals surface area contributed by atoms with Crippen molar-refractivity contribution in [2.24, 2.45) is 5.92 Å². The molecule has 1 fully saturated rings. The third kappa shape index (κ3) is 2.65. The van der Waals surface area contributed by atoms with E-state index in [0.29, 0.717) is 18.1 Å². The molecule has 0 atom stereocenters. The molecule has 1 aromatic heterocycles. The maximum Gasteiger partial charge on any atom is 0.308 e. The number of benzene rings is 1. The number of nitrogens with zero attached hydrogens (tertiary/aromatic N) is 2. The summed E-state index contributed by atoms with van der Waals surface area (Å²) >= 11 is 0. The van der Waals surface area contributed by atoms with E-state index in [-0.39, 0.29) is 23.7 Å². The first-order valence-corrected chi connectivity index (χ1v) is 7.69. The standard InChI is InChI=1S/C16H20FN3O2/c1-2-22-15(21)10-3-6-12(7-4-10)20-14-8-5-11(17)9-13(14)19-16(20)18/h5,8-10,12H,2-4,6-7H2,1H3,(H2,18,19). The molecule has 0 saturated heterocycles. The van der Waals surface area contributed by atoms with Crippen molar-refractivity contribution in [1.29, 1.82) is 0 Å². The van der Waals surface area contributed by atoms with Gasteiger partial charge in [0.25, 0.3) is 0 Å². The van der Waals surface area contributed by atoms with E-state index < -0.39 is 0 Å². The van der Waals surface area contributed by atoms with Crippen molar-refractivity contribution >= 4 is 23.0 Å². The lowest BCUT2D eigenvalue weighted by Gasteiger charge is -2.29. The van der Waals surface area contributed by atoms with E-state index in [1.807, 2.05) is 11.5 Å². The van der Waals surface area contributed by atoms with E-state index in [0.717, 1.165) is 31.2 Å². The summed E-state index contributed by atoms with van der Waals surface area (Å²) in [7, 11) is 0. The van der Waals surface area contributed by atoms with Gasteiger partial charge in [-0.2, -0.15) is 0 Å². The summed E-state index contributed by atoms with van der Waals surface area (Å²) in [5.74, 6) is -0.0421. The van der Waals surface area contributed by atoms with Gasteiger partial charge in [0.1, 0.15) is 5.82 Å². The minimum Gasteiger partial charge on any atom is -0.466 e. The molecule has 0 amide bonds. The second kappa shape index (κ2) is 5.94. The van der Waals surface area contributed by atoms with Crippen LogP contribution in [0.2, 0.25) is 0 Å². The van der Waals surface area contributed by atoms with Crippen LogP contribution in [0.15, 0.2) is 18.2 Å². The van der Waals surface area contributed by atoms with Crippen molar-refractivity contribution in [2.45, 2.75) is 38.6 Å². The molecule has 1 aliphatic rings. The number of halogens is 1. The number of esters is 1. The van der Waals surface area contributed by atoms with Gasteiger partial charge in [0.05, 0.1) is 23.6 Å². The molecular weight excluding hydrogens is 285 g/mol. The lowest BCUT2D eigenvalue weighted by Crippen LogP contribution is -2.25. The predicted molar refractivity (Wildman–Crippen MR) is 81.7 cm³/mol. The van der Waals surface area contributed by atoms with Crippen LogP contribution in [0.1, 0.15) is 38.6 Å². The molecule has 0 spiro atoms.